The Bertz CT molecular complexity index is 679. The molecule has 0 saturated carbocycles. The Balaban J connectivity index is 1.64. The topological polar surface area (TPSA) is 79.5 Å². The van der Waals surface area contributed by atoms with Crippen LogP contribution in [0, 0.1) is 0 Å². The number of anilines is 1. The van der Waals surface area contributed by atoms with Crippen LogP contribution in [0.3, 0.4) is 0 Å². The fraction of sp³-hybridized carbons (Fsp3) is 0.312. The van der Waals surface area contributed by atoms with Gasteiger partial charge < -0.3 is 14.5 Å². The number of nitrogens with zero attached hydrogens (tertiary/aromatic N) is 3. The quantitative estimate of drug-likeness (QED) is 0.913. The zero-order valence-corrected chi connectivity index (χ0v) is 12.1. The minimum absolute atomic E-state index is 0.00245. The predicted octanol–water partition coefficient (Wildman–Crippen LogP) is 2.38. The monoisotopic (exact) mass is 299 g/mol. The van der Waals surface area contributed by atoms with Gasteiger partial charge in [0, 0.05) is 25.2 Å². The lowest BCUT2D eigenvalue weighted by atomic mass is 10.1. The van der Waals surface area contributed by atoms with Crippen LogP contribution in [0.5, 0.6) is 0 Å². The van der Waals surface area contributed by atoms with Gasteiger partial charge in [0.15, 0.2) is 5.82 Å². The minimum atomic E-state index is -0.866. The number of carboxylic acids is 1. The predicted molar refractivity (Wildman–Crippen MR) is 81.5 cm³/mol. The van der Waals surface area contributed by atoms with Gasteiger partial charge in [-0.3, -0.25) is 4.79 Å². The van der Waals surface area contributed by atoms with E-state index in [1.165, 1.54) is 5.69 Å². The highest BCUT2D eigenvalue weighted by Gasteiger charge is 2.17. The van der Waals surface area contributed by atoms with E-state index in [2.05, 4.69) is 33.2 Å². The average molecular weight is 299 g/mol. The van der Waals surface area contributed by atoms with E-state index in [9.17, 15) is 4.79 Å². The van der Waals surface area contributed by atoms with Crippen molar-refractivity contribution in [3.63, 3.8) is 0 Å². The number of benzene rings is 1. The highest BCUT2D eigenvalue weighted by molar-refractivity contribution is 5.67. The van der Waals surface area contributed by atoms with Crippen LogP contribution in [0.1, 0.15) is 24.6 Å². The van der Waals surface area contributed by atoms with Crippen molar-refractivity contribution in [1.82, 2.24) is 10.1 Å². The van der Waals surface area contributed by atoms with E-state index in [4.69, 9.17) is 9.63 Å². The van der Waals surface area contributed by atoms with E-state index >= 15 is 0 Å². The number of hydrogen-bond donors (Lipinski definition) is 1. The molecule has 0 bridgehead atoms. The number of aromatic nitrogens is 2. The van der Waals surface area contributed by atoms with E-state index in [0.717, 1.165) is 25.1 Å². The molecule has 0 fully saturated rings. The number of carboxylic acid groups (broad SMARTS) is 1. The van der Waals surface area contributed by atoms with Crippen molar-refractivity contribution in [1.29, 1.82) is 0 Å². The molecule has 0 saturated heterocycles. The number of carbonyl (C=O) groups is 1. The molecule has 1 aliphatic rings. The average Bonchev–Trinajstić information content (AvgIpc) is 3.03. The summed E-state index contributed by atoms with van der Waals surface area (Å²) >= 11 is 0. The summed E-state index contributed by atoms with van der Waals surface area (Å²) in [6, 6.07) is 10.3. The van der Waals surface area contributed by atoms with Crippen molar-refractivity contribution < 1.29 is 14.4 Å². The number of aryl methyl sites for hydroxylation is 1. The minimum Gasteiger partial charge on any atom is -0.481 e. The van der Waals surface area contributed by atoms with Crippen molar-refractivity contribution >= 4 is 17.2 Å². The number of para-hydroxylation sites is 1. The first kappa shape index (κ1) is 14.3. The first-order valence-corrected chi connectivity index (χ1v) is 7.26. The summed E-state index contributed by atoms with van der Waals surface area (Å²) in [7, 11) is 0. The molecule has 1 aromatic carbocycles. The Morgan fingerprint density at radius 1 is 1.32 bits per heavy atom. The molecular formula is C16H17N3O3. The van der Waals surface area contributed by atoms with Gasteiger partial charge in [0.1, 0.15) is 0 Å². The zero-order valence-electron chi connectivity index (χ0n) is 12.1. The van der Waals surface area contributed by atoms with Gasteiger partial charge in [-0.2, -0.15) is 4.98 Å². The number of rotatable bonds is 5. The lowest BCUT2D eigenvalue weighted by Crippen LogP contribution is -2.28. The van der Waals surface area contributed by atoms with E-state index in [0.29, 0.717) is 11.7 Å². The summed E-state index contributed by atoms with van der Waals surface area (Å²) in [6.45, 7) is 1.70. The molecule has 2 aromatic rings. The molecule has 6 heteroatoms. The normalized spacial score (nSPS) is 14.7. The first-order valence-electron chi connectivity index (χ1n) is 7.26. The van der Waals surface area contributed by atoms with Gasteiger partial charge in [-0.1, -0.05) is 29.4 Å². The molecule has 0 aliphatic carbocycles. The molecule has 0 spiro atoms. The largest absolute Gasteiger partial charge is 0.481 e. The highest BCUT2D eigenvalue weighted by atomic mass is 16.5. The van der Waals surface area contributed by atoms with Crippen LogP contribution in [-0.2, 0) is 11.2 Å². The fourth-order valence-corrected chi connectivity index (χ4v) is 2.45. The van der Waals surface area contributed by atoms with Gasteiger partial charge in [-0.25, -0.2) is 0 Å². The van der Waals surface area contributed by atoms with Crippen molar-refractivity contribution in [2.24, 2.45) is 0 Å². The zero-order chi connectivity index (χ0) is 15.4. The van der Waals surface area contributed by atoms with Gasteiger partial charge in [0.05, 0.1) is 6.42 Å². The Kier molecular flexibility index (Phi) is 4.18. The van der Waals surface area contributed by atoms with Crippen molar-refractivity contribution in [3.8, 4) is 0 Å². The smallest absolute Gasteiger partial charge is 0.303 e. The SMILES string of the molecule is O=C(O)CCc1nc(C2=CCN(c3ccccc3)CC2)no1. The van der Waals surface area contributed by atoms with Crippen LogP contribution < -0.4 is 4.90 Å². The molecule has 6 nitrogen and oxygen atoms in total. The maximum absolute atomic E-state index is 10.5. The molecule has 0 radical (unpaired) electrons. The third-order valence-electron chi connectivity index (χ3n) is 3.64. The molecule has 1 N–H and O–H groups in total. The highest BCUT2D eigenvalue weighted by Crippen LogP contribution is 2.24. The molecule has 114 valence electrons. The molecule has 0 atom stereocenters. The van der Waals surface area contributed by atoms with E-state index in [1.54, 1.807) is 0 Å². The Morgan fingerprint density at radius 3 is 2.82 bits per heavy atom. The van der Waals surface area contributed by atoms with Crippen molar-refractivity contribution in [2.75, 3.05) is 18.0 Å². The van der Waals surface area contributed by atoms with Gasteiger partial charge >= 0.3 is 5.97 Å². The van der Waals surface area contributed by atoms with Crippen LogP contribution in [0.4, 0.5) is 5.69 Å². The second-order valence-corrected chi connectivity index (χ2v) is 5.17. The Morgan fingerprint density at radius 2 is 2.14 bits per heavy atom. The first-order chi connectivity index (χ1) is 10.7. The molecule has 1 aromatic heterocycles. The second kappa shape index (κ2) is 6.43. The second-order valence-electron chi connectivity index (χ2n) is 5.17. The summed E-state index contributed by atoms with van der Waals surface area (Å²) in [5.74, 6) is 0.0898. The summed E-state index contributed by atoms with van der Waals surface area (Å²) in [5, 5.41) is 12.6. The summed E-state index contributed by atoms with van der Waals surface area (Å²) in [4.78, 5) is 17.1. The van der Waals surface area contributed by atoms with E-state index in [1.807, 2.05) is 18.2 Å². The van der Waals surface area contributed by atoms with Gasteiger partial charge in [-0.15, -0.1) is 0 Å². The van der Waals surface area contributed by atoms with Crippen LogP contribution in [0.25, 0.3) is 5.57 Å². The lowest BCUT2D eigenvalue weighted by Gasteiger charge is -2.27. The third-order valence-corrected chi connectivity index (χ3v) is 3.64. The molecule has 1 aliphatic heterocycles. The number of hydrogen-bond acceptors (Lipinski definition) is 5. The van der Waals surface area contributed by atoms with Gasteiger partial charge in [0.2, 0.25) is 5.89 Å². The van der Waals surface area contributed by atoms with Gasteiger partial charge in [-0.05, 0) is 24.1 Å². The summed E-state index contributed by atoms with van der Waals surface area (Å²) in [5.41, 5.74) is 2.26. The molecule has 0 amide bonds. The lowest BCUT2D eigenvalue weighted by molar-refractivity contribution is -0.137. The van der Waals surface area contributed by atoms with Crippen molar-refractivity contribution in [3.05, 3.63) is 48.1 Å². The Labute approximate surface area is 128 Å². The molecule has 22 heavy (non-hydrogen) atoms. The molecule has 3 rings (SSSR count). The summed E-state index contributed by atoms with van der Waals surface area (Å²) < 4.78 is 5.10. The fourth-order valence-electron chi connectivity index (χ4n) is 2.45. The Hall–Kier alpha value is -2.63. The summed E-state index contributed by atoms with van der Waals surface area (Å²) in [6.07, 6.45) is 3.21. The van der Waals surface area contributed by atoms with E-state index < -0.39 is 5.97 Å². The van der Waals surface area contributed by atoms with Crippen LogP contribution in [0.2, 0.25) is 0 Å². The molecule has 0 unspecified atom stereocenters. The van der Waals surface area contributed by atoms with Crippen molar-refractivity contribution in [2.45, 2.75) is 19.3 Å². The standard InChI is InChI=1S/C16H17N3O3/c20-15(21)7-6-14-17-16(18-22-14)12-8-10-19(11-9-12)13-4-2-1-3-5-13/h1-5,8H,6-7,9-11H2,(H,20,21). The van der Waals surface area contributed by atoms with Crippen LogP contribution >= 0.6 is 0 Å². The molecular weight excluding hydrogens is 282 g/mol. The van der Waals surface area contributed by atoms with Crippen LogP contribution in [0.15, 0.2) is 40.9 Å². The number of aliphatic carboxylic acids is 1. The maximum Gasteiger partial charge on any atom is 0.303 e. The third kappa shape index (κ3) is 3.33. The maximum atomic E-state index is 10.5. The molecule has 2 heterocycles. The van der Waals surface area contributed by atoms with Gasteiger partial charge in [0.25, 0.3) is 0 Å². The van der Waals surface area contributed by atoms with Crippen LogP contribution in [-0.4, -0.2) is 34.3 Å². The van der Waals surface area contributed by atoms with E-state index in [-0.39, 0.29) is 12.8 Å².